The lowest BCUT2D eigenvalue weighted by molar-refractivity contribution is -0.140. The summed E-state index contributed by atoms with van der Waals surface area (Å²) in [6.07, 6.45) is 0.269. The van der Waals surface area contributed by atoms with Gasteiger partial charge in [0.2, 0.25) is 0 Å². The van der Waals surface area contributed by atoms with Crippen LogP contribution >= 0.6 is 23.2 Å². The Morgan fingerprint density at radius 1 is 1.22 bits per heavy atom. The van der Waals surface area contributed by atoms with Gasteiger partial charge in [-0.15, -0.1) is 0 Å². The van der Waals surface area contributed by atoms with Crippen molar-refractivity contribution in [1.29, 1.82) is 0 Å². The van der Waals surface area contributed by atoms with Crippen molar-refractivity contribution < 1.29 is 9.90 Å². The lowest BCUT2D eigenvalue weighted by Gasteiger charge is -2.19. The van der Waals surface area contributed by atoms with Gasteiger partial charge in [0.05, 0.1) is 8.07 Å². The van der Waals surface area contributed by atoms with Gasteiger partial charge in [0.15, 0.2) is 0 Å². The van der Waals surface area contributed by atoms with E-state index in [9.17, 15) is 9.90 Å². The van der Waals surface area contributed by atoms with E-state index in [1.165, 1.54) is 5.19 Å². The fraction of sp³-hybridized carbons (Fsp3) is 0.462. The van der Waals surface area contributed by atoms with Crippen LogP contribution in [0.4, 0.5) is 0 Å². The average Bonchev–Trinajstić information content (AvgIpc) is 2.82. The quantitative estimate of drug-likeness (QED) is 0.688. The van der Waals surface area contributed by atoms with Crippen LogP contribution in [0.3, 0.4) is 0 Å². The molecule has 2 rings (SSSR count). The molecule has 1 N–H and O–H groups in total. The second-order valence-electron chi connectivity index (χ2n) is 5.92. The van der Waals surface area contributed by atoms with Crippen LogP contribution < -0.4 is 5.19 Å². The highest BCUT2D eigenvalue weighted by Crippen LogP contribution is 2.64. The molecule has 1 atom stereocenters. The number of benzene rings is 1. The number of alkyl halides is 2. The summed E-state index contributed by atoms with van der Waals surface area (Å²) in [5.74, 6) is -0.951. The monoisotopic (exact) mass is 302 g/mol. The molecular weight excluding hydrogens is 287 g/mol. The molecule has 2 nitrogen and oxygen atoms in total. The molecule has 1 aliphatic rings. The highest BCUT2D eigenvalue weighted by Gasteiger charge is 2.72. The lowest BCUT2D eigenvalue weighted by Crippen LogP contribution is -2.37. The van der Waals surface area contributed by atoms with Crippen LogP contribution in [0.1, 0.15) is 12.0 Å². The Hall–Kier alpha value is -0.513. The predicted octanol–water partition coefficient (Wildman–Crippen LogP) is 3.13. The fourth-order valence-electron chi connectivity index (χ4n) is 2.21. The molecule has 0 bridgehead atoms. The number of aliphatic carboxylic acids is 1. The third-order valence-corrected chi connectivity index (χ3v) is 6.57. The Morgan fingerprint density at radius 3 is 1.94 bits per heavy atom. The van der Waals surface area contributed by atoms with E-state index in [1.807, 2.05) is 24.3 Å². The molecule has 1 aromatic rings. The number of carboxylic acid groups (broad SMARTS) is 1. The molecule has 0 saturated heterocycles. The zero-order chi connectivity index (χ0) is 13.8. The Labute approximate surface area is 118 Å². The van der Waals surface area contributed by atoms with E-state index >= 15 is 0 Å². The fourth-order valence-corrected chi connectivity index (χ4v) is 4.16. The predicted molar refractivity (Wildman–Crippen MR) is 77.8 cm³/mol. The minimum atomic E-state index is -1.37. The molecule has 1 fully saturated rings. The van der Waals surface area contributed by atoms with Crippen LogP contribution in [0.5, 0.6) is 0 Å². The first-order chi connectivity index (χ1) is 8.11. The van der Waals surface area contributed by atoms with Crippen LogP contribution in [0.2, 0.25) is 19.6 Å². The molecule has 5 heteroatoms. The van der Waals surface area contributed by atoms with E-state index in [1.54, 1.807) is 0 Å². The van der Waals surface area contributed by atoms with Gasteiger partial charge in [-0.1, -0.05) is 72.3 Å². The summed E-state index contributed by atoms with van der Waals surface area (Å²) in [4.78, 5) is 11.4. The van der Waals surface area contributed by atoms with Crippen molar-refractivity contribution >= 4 is 42.4 Å². The van der Waals surface area contributed by atoms with Crippen molar-refractivity contribution in [3.8, 4) is 0 Å². The highest BCUT2D eigenvalue weighted by molar-refractivity contribution is 6.88. The van der Waals surface area contributed by atoms with E-state index in [0.717, 1.165) is 0 Å². The number of carbonyl (C=O) groups is 1. The first kappa shape index (κ1) is 13.9. The minimum Gasteiger partial charge on any atom is -0.480 e. The minimum absolute atomic E-state index is 0.269. The molecule has 0 aliphatic heterocycles. The molecule has 1 unspecified atom stereocenters. The Balaban J connectivity index is 2.39. The van der Waals surface area contributed by atoms with Gasteiger partial charge in [0, 0.05) is 6.42 Å². The SMILES string of the molecule is C[Si](C)(C)c1ccc(C2(C(=O)O)CC2(Cl)Cl)cc1. The number of carboxylic acids is 1. The van der Waals surface area contributed by atoms with Crippen molar-refractivity contribution in [3.63, 3.8) is 0 Å². The maximum absolute atomic E-state index is 11.4. The number of hydrogen-bond donors (Lipinski definition) is 1. The van der Waals surface area contributed by atoms with Gasteiger partial charge in [-0.25, -0.2) is 0 Å². The van der Waals surface area contributed by atoms with Gasteiger partial charge in [-0.3, -0.25) is 4.79 Å². The number of rotatable bonds is 3. The molecule has 0 radical (unpaired) electrons. The molecule has 0 aromatic heterocycles. The smallest absolute Gasteiger partial charge is 0.317 e. The van der Waals surface area contributed by atoms with Gasteiger partial charge in [-0.05, 0) is 5.56 Å². The van der Waals surface area contributed by atoms with Gasteiger partial charge >= 0.3 is 5.97 Å². The van der Waals surface area contributed by atoms with Gasteiger partial charge in [0.1, 0.15) is 9.75 Å². The van der Waals surface area contributed by atoms with Crippen molar-refractivity contribution in [2.45, 2.75) is 35.8 Å². The molecule has 1 saturated carbocycles. The Bertz CT molecular complexity index is 491. The van der Waals surface area contributed by atoms with E-state index in [2.05, 4.69) is 19.6 Å². The first-order valence-corrected chi connectivity index (χ1v) is 10.1. The molecule has 1 aliphatic carbocycles. The van der Waals surface area contributed by atoms with Crippen molar-refractivity contribution in [2.24, 2.45) is 0 Å². The standard InChI is InChI=1S/C13H16Cl2O2Si/c1-18(2,3)10-6-4-9(5-7-10)12(11(16)17)8-13(12,14)15/h4-7H,8H2,1-3H3,(H,16,17). The Morgan fingerprint density at radius 2 is 1.67 bits per heavy atom. The average molecular weight is 303 g/mol. The van der Waals surface area contributed by atoms with Gasteiger partial charge in [-0.2, -0.15) is 0 Å². The third kappa shape index (κ3) is 1.98. The molecule has 0 heterocycles. The zero-order valence-corrected chi connectivity index (χ0v) is 13.1. The zero-order valence-electron chi connectivity index (χ0n) is 10.6. The summed E-state index contributed by atoms with van der Waals surface area (Å²) in [6, 6.07) is 7.73. The van der Waals surface area contributed by atoms with Crippen LogP contribution in [0.15, 0.2) is 24.3 Å². The summed E-state index contributed by atoms with van der Waals surface area (Å²) in [6.45, 7) is 6.75. The van der Waals surface area contributed by atoms with E-state index in [0.29, 0.717) is 5.56 Å². The van der Waals surface area contributed by atoms with Gasteiger partial charge in [0.25, 0.3) is 0 Å². The topological polar surface area (TPSA) is 37.3 Å². The van der Waals surface area contributed by atoms with Crippen molar-refractivity contribution in [3.05, 3.63) is 29.8 Å². The number of halogens is 2. The summed E-state index contributed by atoms with van der Waals surface area (Å²) in [5, 5.41) is 10.7. The van der Waals surface area contributed by atoms with Crippen LogP contribution in [0.25, 0.3) is 0 Å². The van der Waals surface area contributed by atoms with E-state index in [4.69, 9.17) is 23.2 Å². The van der Waals surface area contributed by atoms with Crippen LogP contribution in [-0.2, 0) is 10.2 Å². The molecular formula is C13H16Cl2O2Si. The second-order valence-corrected chi connectivity index (χ2v) is 12.5. The third-order valence-electron chi connectivity index (χ3n) is 3.60. The maximum Gasteiger partial charge on any atom is 0.317 e. The summed E-state index contributed by atoms with van der Waals surface area (Å²) >= 11 is 12.0. The van der Waals surface area contributed by atoms with E-state index < -0.39 is 23.8 Å². The molecule has 0 amide bonds. The van der Waals surface area contributed by atoms with E-state index in [-0.39, 0.29) is 6.42 Å². The normalized spacial score (nSPS) is 25.8. The Kier molecular flexibility index (Phi) is 3.08. The second kappa shape index (κ2) is 3.99. The summed E-state index contributed by atoms with van der Waals surface area (Å²) in [5.41, 5.74) is -0.435. The lowest BCUT2D eigenvalue weighted by atomic mass is 9.96. The van der Waals surface area contributed by atoms with Crippen LogP contribution in [0, 0.1) is 0 Å². The maximum atomic E-state index is 11.4. The van der Waals surface area contributed by atoms with Gasteiger partial charge < -0.3 is 5.11 Å². The number of hydrogen-bond acceptors (Lipinski definition) is 1. The van der Waals surface area contributed by atoms with Crippen molar-refractivity contribution in [1.82, 2.24) is 0 Å². The molecule has 18 heavy (non-hydrogen) atoms. The highest BCUT2D eigenvalue weighted by atomic mass is 35.5. The van der Waals surface area contributed by atoms with Crippen LogP contribution in [-0.4, -0.2) is 23.5 Å². The molecule has 0 spiro atoms. The summed E-state index contributed by atoms with van der Waals surface area (Å²) < 4.78 is -1.18. The largest absolute Gasteiger partial charge is 0.480 e. The van der Waals surface area contributed by atoms with Crippen molar-refractivity contribution in [2.75, 3.05) is 0 Å². The molecule has 98 valence electrons. The first-order valence-electron chi connectivity index (χ1n) is 5.83. The molecule has 1 aromatic carbocycles. The summed E-state index contributed by atoms with van der Waals surface area (Å²) in [7, 11) is -1.37.